The van der Waals surface area contributed by atoms with Crippen molar-refractivity contribution in [2.45, 2.75) is 51.6 Å². The topological polar surface area (TPSA) is 68.8 Å². The summed E-state index contributed by atoms with van der Waals surface area (Å²) in [7, 11) is 0. The summed E-state index contributed by atoms with van der Waals surface area (Å²) in [5.41, 5.74) is 7.12. The molecule has 21 heavy (non-hydrogen) atoms. The second-order valence-corrected chi connectivity index (χ2v) is 6.02. The van der Waals surface area contributed by atoms with Crippen LogP contribution in [-0.2, 0) is 19.3 Å². The zero-order chi connectivity index (χ0) is 14.8. The Kier molecular flexibility index (Phi) is 4.03. The van der Waals surface area contributed by atoms with E-state index in [9.17, 15) is 0 Å². The zero-order valence-electron chi connectivity index (χ0n) is 12.7. The van der Waals surface area contributed by atoms with E-state index in [-0.39, 0.29) is 6.04 Å². The maximum Gasteiger partial charge on any atom is 0.138 e. The Morgan fingerprint density at radius 2 is 2.10 bits per heavy atom. The molecule has 0 saturated carbocycles. The molecule has 0 spiro atoms. The molecule has 0 amide bonds. The van der Waals surface area contributed by atoms with Crippen molar-refractivity contribution >= 4 is 0 Å². The molecule has 1 aliphatic rings. The lowest BCUT2D eigenvalue weighted by Crippen LogP contribution is -2.30. The second kappa shape index (κ2) is 5.95. The summed E-state index contributed by atoms with van der Waals surface area (Å²) in [6, 6.07) is 7.10. The maximum absolute atomic E-state index is 5.79. The number of hydrogen-bond acceptors (Lipinski definition) is 4. The Morgan fingerprint density at radius 3 is 2.86 bits per heavy atom. The van der Waals surface area contributed by atoms with Gasteiger partial charge in [-0.3, -0.25) is 11.3 Å². The summed E-state index contributed by atoms with van der Waals surface area (Å²) in [6.07, 6.45) is 6.01. The van der Waals surface area contributed by atoms with Crippen molar-refractivity contribution in [3.05, 3.63) is 47.0 Å². The van der Waals surface area contributed by atoms with Gasteiger partial charge < -0.3 is 0 Å². The van der Waals surface area contributed by atoms with E-state index in [4.69, 9.17) is 5.84 Å². The van der Waals surface area contributed by atoms with Gasteiger partial charge in [0.05, 0.1) is 6.04 Å². The Bertz CT molecular complexity index is 617. The van der Waals surface area contributed by atoms with Crippen LogP contribution in [0.3, 0.4) is 0 Å². The predicted molar refractivity (Wildman–Crippen MR) is 82.6 cm³/mol. The molecule has 1 atom stereocenters. The third kappa shape index (κ3) is 2.84. The SMILES string of the molecule is CC(C)n1ncnc1CC(NN)c1ccc2c(c1)CCC2. The Labute approximate surface area is 125 Å². The number of aryl methyl sites for hydroxylation is 2. The van der Waals surface area contributed by atoms with Crippen LogP contribution in [-0.4, -0.2) is 14.8 Å². The number of nitrogens with two attached hydrogens (primary N) is 1. The van der Waals surface area contributed by atoms with Crippen LogP contribution < -0.4 is 11.3 Å². The molecule has 3 rings (SSSR count). The highest BCUT2D eigenvalue weighted by molar-refractivity contribution is 5.36. The highest BCUT2D eigenvalue weighted by Gasteiger charge is 2.18. The monoisotopic (exact) mass is 285 g/mol. The lowest BCUT2D eigenvalue weighted by Gasteiger charge is -2.18. The third-order valence-corrected chi connectivity index (χ3v) is 4.25. The molecular formula is C16H23N5. The first-order valence-corrected chi connectivity index (χ1v) is 7.65. The number of fused-ring (bicyclic) bond motifs is 1. The molecule has 0 saturated heterocycles. The van der Waals surface area contributed by atoms with E-state index < -0.39 is 0 Å². The number of hydrazine groups is 1. The van der Waals surface area contributed by atoms with E-state index in [0.717, 1.165) is 12.2 Å². The smallest absolute Gasteiger partial charge is 0.138 e. The summed E-state index contributed by atoms with van der Waals surface area (Å²) in [4.78, 5) is 4.38. The minimum Gasteiger partial charge on any atom is -0.271 e. The average Bonchev–Trinajstić information content (AvgIpc) is 3.12. The molecule has 0 fully saturated rings. The van der Waals surface area contributed by atoms with E-state index in [1.807, 2.05) is 4.68 Å². The van der Waals surface area contributed by atoms with Crippen LogP contribution >= 0.6 is 0 Å². The quantitative estimate of drug-likeness (QED) is 0.652. The third-order valence-electron chi connectivity index (χ3n) is 4.25. The van der Waals surface area contributed by atoms with Crippen molar-refractivity contribution in [2.24, 2.45) is 5.84 Å². The van der Waals surface area contributed by atoms with E-state index in [0.29, 0.717) is 6.04 Å². The first kappa shape index (κ1) is 14.2. The Balaban J connectivity index is 1.83. The molecule has 2 aromatic rings. The number of nitrogens with zero attached hydrogens (tertiary/aromatic N) is 3. The molecule has 1 aromatic carbocycles. The van der Waals surface area contributed by atoms with Gasteiger partial charge in [0.2, 0.25) is 0 Å². The molecule has 0 aliphatic heterocycles. The summed E-state index contributed by atoms with van der Waals surface area (Å²) < 4.78 is 1.96. The maximum atomic E-state index is 5.79. The van der Waals surface area contributed by atoms with Gasteiger partial charge in [0.15, 0.2) is 0 Å². The molecule has 1 aliphatic carbocycles. The van der Waals surface area contributed by atoms with Crippen molar-refractivity contribution in [1.82, 2.24) is 20.2 Å². The normalized spacial score (nSPS) is 15.4. The molecule has 3 N–H and O–H groups in total. The largest absolute Gasteiger partial charge is 0.271 e. The van der Waals surface area contributed by atoms with Crippen molar-refractivity contribution in [3.63, 3.8) is 0 Å². The molecule has 1 unspecified atom stereocenters. The average molecular weight is 285 g/mol. The molecule has 5 heteroatoms. The number of hydrogen-bond donors (Lipinski definition) is 2. The van der Waals surface area contributed by atoms with Gasteiger partial charge in [-0.2, -0.15) is 5.10 Å². The summed E-state index contributed by atoms with van der Waals surface area (Å²) in [5, 5.41) is 4.29. The van der Waals surface area contributed by atoms with Crippen LogP contribution in [0.15, 0.2) is 24.5 Å². The molecule has 5 nitrogen and oxygen atoms in total. The Morgan fingerprint density at radius 1 is 1.29 bits per heavy atom. The highest BCUT2D eigenvalue weighted by atomic mass is 15.3. The molecule has 1 heterocycles. The lowest BCUT2D eigenvalue weighted by atomic mass is 9.99. The van der Waals surface area contributed by atoms with Gasteiger partial charge in [-0.05, 0) is 49.8 Å². The molecular weight excluding hydrogens is 262 g/mol. The first-order valence-electron chi connectivity index (χ1n) is 7.65. The van der Waals surface area contributed by atoms with Gasteiger partial charge in [-0.15, -0.1) is 0 Å². The number of rotatable bonds is 5. The molecule has 0 radical (unpaired) electrons. The van der Waals surface area contributed by atoms with Gasteiger partial charge >= 0.3 is 0 Å². The number of nitrogens with one attached hydrogen (secondary N) is 1. The van der Waals surface area contributed by atoms with Crippen molar-refractivity contribution in [3.8, 4) is 0 Å². The van der Waals surface area contributed by atoms with Gasteiger partial charge in [-0.25, -0.2) is 9.67 Å². The van der Waals surface area contributed by atoms with E-state index in [2.05, 4.69) is 47.6 Å². The zero-order valence-corrected chi connectivity index (χ0v) is 12.7. The van der Waals surface area contributed by atoms with Gasteiger partial charge in [0, 0.05) is 12.5 Å². The van der Waals surface area contributed by atoms with Crippen LogP contribution in [0.1, 0.15) is 54.9 Å². The van der Waals surface area contributed by atoms with Crippen molar-refractivity contribution < 1.29 is 0 Å². The fraction of sp³-hybridized carbons (Fsp3) is 0.500. The van der Waals surface area contributed by atoms with Crippen LogP contribution in [0, 0.1) is 0 Å². The summed E-state index contributed by atoms with van der Waals surface area (Å²) in [6.45, 7) is 4.22. The first-order chi connectivity index (χ1) is 10.2. The van der Waals surface area contributed by atoms with Crippen LogP contribution in [0.25, 0.3) is 0 Å². The Hall–Kier alpha value is -1.72. The standard InChI is InChI=1S/C16H23N5/c1-11(2)21-16(18-10-19-21)9-15(20-17)14-7-6-12-4-3-5-13(12)8-14/h6-8,10-11,15,20H,3-5,9,17H2,1-2H3. The van der Waals surface area contributed by atoms with Gasteiger partial charge in [-0.1, -0.05) is 18.2 Å². The fourth-order valence-electron chi connectivity index (χ4n) is 3.12. The van der Waals surface area contributed by atoms with Gasteiger partial charge in [0.25, 0.3) is 0 Å². The van der Waals surface area contributed by atoms with Gasteiger partial charge in [0.1, 0.15) is 12.2 Å². The lowest BCUT2D eigenvalue weighted by molar-refractivity contribution is 0.468. The van der Waals surface area contributed by atoms with Crippen molar-refractivity contribution in [2.75, 3.05) is 0 Å². The van der Waals surface area contributed by atoms with E-state index in [1.165, 1.54) is 36.0 Å². The summed E-state index contributed by atoms with van der Waals surface area (Å²) >= 11 is 0. The summed E-state index contributed by atoms with van der Waals surface area (Å²) in [5.74, 6) is 6.75. The predicted octanol–water partition coefficient (Wildman–Crippen LogP) is 2.09. The van der Waals surface area contributed by atoms with E-state index >= 15 is 0 Å². The molecule has 0 bridgehead atoms. The molecule has 112 valence electrons. The fourth-order valence-corrected chi connectivity index (χ4v) is 3.12. The minimum absolute atomic E-state index is 0.0672. The number of benzene rings is 1. The van der Waals surface area contributed by atoms with Crippen LogP contribution in [0.5, 0.6) is 0 Å². The van der Waals surface area contributed by atoms with E-state index in [1.54, 1.807) is 6.33 Å². The molecule has 1 aromatic heterocycles. The van der Waals surface area contributed by atoms with Crippen LogP contribution in [0.4, 0.5) is 0 Å². The second-order valence-electron chi connectivity index (χ2n) is 6.02. The van der Waals surface area contributed by atoms with Crippen LogP contribution in [0.2, 0.25) is 0 Å². The number of aromatic nitrogens is 3. The highest BCUT2D eigenvalue weighted by Crippen LogP contribution is 2.26. The van der Waals surface area contributed by atoms with Crippen molar-refractivity contribution in [1.29, 1.82) is 0 Å². The minimum atomic E-state index is 0.0672.